The molecule has 0 aromatic carbocycles. The summed E-state index contributed by atoms with van der Waals surface area (Å²) in [6.45, 7) is 0. The van der Waals surface area contributed by atoms with Crippen LogP contribution in [0.5, 0.6) is 0 Å². The lowest BCUT2D eigenvalue weighted by atomic mass is 10.3. The van der Waals surface area contributed by atoms with Crippen molar-refractivity contribution < 1.29 is 19.1 Å². The van der Waals surface area contributed by atoms with Gasteiger partial charge in [0.05, 0.1) is 5.69 Å². The SMILES string of the molecule is O=C(Nc1ccsc1C(=O)O)c1cccc(F)n1. The number of halogens is 1. The number of aromatic carboxylic acids is 1. The Labute approximate surface area is 105 Å². The van der Waals surface area contributed by atoms with Crippen LogP contribution in [0.1, 0.15) is 20.2 Å². The number of carbonyl (C=O) groups excluding carboxylic acids is 1. The zero-order valence-corrected chi connectivity index (χ0v) is 9.70. The fourth-order valence-electron chi connectivity index (χ4n) is 1.29. The molecule has 2 aromatic rings. The van der Waals surface area contributed by atoms with Gasteiger partial charge < -0.3 is 10.4 Å². The summed E-state index contributed by atoms with van der Waals surface area (Å²) in [7, 11) is 0. The molecule has 0 aliphatic heterocycles. The number of carbonyl (C=O) groups is 2. The van der Waals surface area contributed by atoms with Crippen LogP contribution in [-0.2, 0) is 0 Å². The number of nitrogens with one attached hydrogen (secondary N) is 1. The van der Waals surface area contributed by atoms with Gasteiger partial charge in [0.15, 0.2) is 0 Å². The average molecular weight is 266 g/mol. The number of hydrogen-bond donors (Lipinski definition) is 2. The summed E-state index contributed by atoms with van der Waals surface area (Å²) in [6, 6.07) is 5.27. The number of nitrogens with zero attached hydrogens (tertiary/aromatic N) is 1. The van der Waals surface area contributed by atoms with Gasteiger partial charge in [-0.05, 0) is 23.6 Å². The lowest BCUT2D eigenvalue weighted by molar-refractivity contribution is 0.0703. The van der Waals surface area contributed by atoms with Crippen LogP contribution in [0.15, 0.2) is 29.6 Å². The largest absolute Gasteiger partial charge is 0.477 e. The smallest absolute Gasteiger partial charge is 0.348 e. The van der Waals surface area contributed by atoms with E-state index in [1.807, 2.05) is 0 Å². The van der Waals surface area contributed by atoms with E-state index in [-0.39, 0.29) is 16.3 Å². The van der Waals surface area contributed by atoms with E-state index >= 15 is 0 Å². The maximum atomic E-state index is 12.8. The van der Waals surface area contributed by atoms with Gasteiger partial charge >= 0.3 is 5.97 Å². The van der Waals surface area contributed by atoms with E-state index < -0.39 is 17.8 Å². The molecule has 0 aliphatic carbocycles. The monoisotopic (exact) mass is 266 g/mol. The number of amides is 1. The first kappa shape index (κ1) is 12.2. The predicted octanol–water partition coefficient (Wildman–Crippen LogP) is 2.23. The molecule has 0 atom stereocenters. The molecule has 1 amide bonds. The third kappa shape index (κ3) is 2.51. The molecule has 0 aliphatic rings. The molecule has 2 rings (SSSR count). The fourth-order valence-corrected chi connectivity index (χ4v) is 1.98. The van der Waals surface area contributed by atoms with Gasteiger partial charge in [0.25, 0.3) is 5.91 Å². The van der Waals surface area contributed by atoms with Crippen molar-refractivity contribution in [3.05, 3.63) is 46.2 Å². The van der Waals surface area contributed by atoms with E-state index in [0.717, 1.165) is 17.4 Å². The predicted molar refractivity (Wildman–Crippen MR) is 63.4 cm³/mol. The standard InChI is InChI=1S/C11H7FN2O3S/c12-8-3-1-2-7(13-8)10(15)14-6-4-5-18-9(6)11(16)17/h1-5H,(H,14,15)(H,16,17). The highest BCUT2D eigenvalue weighted by Crippen LogP contribution is 2.22. The lowest BCUT2D eigenvalue weighted by Crippen LogP contribution is -2.15. The molecule has 0 unspecified atom stereocenters. The Kier molecular flexibility index (Phi) is 3.33. The van der Waals surface area contributed by atoms with E-state index in [1.54, 1.807) is 0 Å². The van der Waals surface area contributed by atoms with Crippen LogP contribution in [0.25, 0.3) is 0 Å². The van der Waals surface area contributed by atoms with Crippen molar-refractivity contribution >= 4 is 28.9 Å². The highest BCUT2D eigenvalue weighted by Gasteiger charge is 2.15. The molecule has 7 heteroatoms. The number of anilines is 1. The Morgan fingerprint density at radius 3 is 2.78 bits per heavy atom. The summed E-state index contributed by atoms with van der Waals surface area (Å²) >= 11 is 0.989. The summed E-state index contributed by atoms with van der Waals surface area (Å²) in [4.78, 5) is 26.0. The summed E-state index contributed by atoms with van der Waals surface area (Å²) in [5.74, 6) is -2.56. The third-order valence-electron chi connectivity index (χ3n) is 2.06. The van der Waals surface area contributed by atoms with Gasteiger partial charge in [-0.15, -0.1) is 11.3 Å². The van der Waals surface area contributed by atoms with Crippen molar-refractivity contribution in [1.29, 1.82) is 0 Å². The van der Waals surface area contributed by atoms with E-state index in [0.29, 0.717) is 0 Å². The Hall–Kier alpha value is -2.28. The molecule has 2 N–H and O–H groups in total. The zero-order valence-electron chi connectivity index (χ0n) is 8.88. The normalized spacial score (nSPS) is 10.1. The average Bonchev–Trinajstić information content (AvgIpc) is 2.77. The van der Waals surface area contributed by atoms with Gasteiger partial charge in [-0.2, -0.15) is 4.39 Å². The number of aromatic nitrogens is 1. The minimum Gasteiger partial charge on any atom is -0.477 e. The lowest BCUT2D eigenvalue weighted by Gasteiger charge is -2.03. The first-order chi connectivity index (χ1) is 8.58. The summed E-state index contributed by atoms with van der Waals surface area (Å²) in [6.07, 6.45) is 0. The van der Waals surface area contributed by atoms with E-state index in [4.69, 9.17) is 5.11 Å². The van der Waals surface area contributed by atoms with Crippen molar-refractivity contribution in [2.24, 2.45) is 0 Å². The highest BCUT2D eigenvalue weighted by atomic mass is 32.1. The van der Waals surface area contributed by atoms with Gasteiger partial charge in [-0.3, -0.25) is 4.79 Å². The summed E-state index contributed by atoms with van der Waals surface area (Å²) in [5, 5.41) is 12.8. The van der Waals surface area contributed by atoms with Crippen molar-refractivity contribution in [2.75, 3.05) is 5.32 Å². The maximum absolute atomic E-state index is 12.8. The second-order valence-electron chi connectivity index (χ2n) is 3.27. The van der Waals surface area contributed by atoms with Crippen LogP contribution in [0, 0.1) is 5.95 Å². The quantitative estimate of drug-likeness (QED) is 0.835. The first-order valence-electron chi connectivity index (χ1n) is 4.82. The topological polar surface area (TPSA) is 79.3 Å². The van der Waals surface area contributed by atoms with Gasteiger partial charge in [-0.25, -0.2) is 9.78 Å². The van der Waals surface area contributed by atoms with Gasteiger partial charge in [0, 0.05) is 0 Å². The van der Waals surface area contributed by atoms with Gasteiger partial charge in [-0.1, -0.05) is 6.07 Å². The molecule has 0 bridgehead atoms. The summed E-state index contributed by atoms with van der Waals surface area (Å²) in [5.41, 5.74) is 0.0566. The van der Waals surface area contributed by atoms with Crippen molar-refractivity contribution in [2.45, 2.75) is 0 Å². The molecule has 2 aromatic heterocycles. The van der Waals surface area contributed by atoms with E-state index in [2.05, 4.69) is 10.3 Å². The number of hydrogen-bond acceptors (Lipinski definition) is 4. The molecule has 0 spiro atoms. The van der Waals surface area contributed by atoms with Crippen LogP contribution in [0.4, 0.5) is 10.1 Å². The van der Waals surface area contributed by atoms with Crippen molar-refractivity contribution in [3.63, 3.8) is 0 Å². The molecule has 92 valence electrons. The van der Waals surface area contributed by atoms with Crippen molar-refractivity contribution in [1.82, 2.24) is 4.98 Å². The molecule has 0 saturated heterocycles. The number of rotatable bonds is 3. The number of carboxylic acid groups (broad SMARTS) is 1. The second kappa shape index (κ2) is 4.92. The first-order valence-corrected chi connectivity index (χ1v) is 5.70. The molecule has 0 saturated carbocycles. The zero-order chi connectivity index (χ0) is 13.1. The molecule has 0 fully saturated rings. The Morgan fingerprint density at radius 2 is 2.11 bits per heavy atom. The Bertz CT molecular complexity index is 612. The second-order valence-corrected chi connectivity index (χ2v) is 4.18. The minimum absolute atomic E-state index is 0.0137. The Morgan fingerprint density at radius 1 is 1.33 bits per heavy atom. The van der Waals surface area contributed by atoms with Crippen LogP contribution in [-0.4, -0.2) is 22.0 Å². The van der Waals surface area contributed by atoms with Crippen LogP contribution >= 0.6 is 11.3 Å². The minimum atomic E-state index is -1.13. The number of carboxylic acids is 1. The van der Waals surface area contributed by atoms with E-state index in [9.17, 15) is 14.0 Å². The van der Waals surface area contributed by atoms with Crippen molar-refractivity contribution in [3.8, 4) is 0 Å². The van der Waals surface area contributed by atoms with Crippen LogP contribution in [0.3, 0.4) is 0 Å². The Balaban J connectivity index is 2.21. The molecule has 2 heterocycles. The number of thiophene rings is 1. The third-order valence-corrected chi connectivity index (χ3v) is 2.96. The van der Waals surface area contributed by atoms with Gasteiger partial charge in [0.2, 0.25) is 5.95 Å². The van der Waals surface area contributed by atoms with E-state index in [1.165, 1.54) is 23.6 Å². The molecule has 18 heavy (non-hydrogen) atoms. The molecule has 0 radical (unpaired) electrons. The van der Waals surface area contributed by atoms with Crippen LogP contribution in [0.2, 0.25) is 0 Å². The molecular formula is C11H7FN2O3S. The molecule has 5 nitrogen and oxygen atoms in total. The highest BCUT2D eigenvalue weighted by molar-refractivity contribution is 7.12. The maximum Gasteiger partial charge on any atom is 0.348 e. The number of pyridine rings is 1. The van der Waals surface area contributed by atoms with Crippen LogP contribution < -0.4 is 5.32 Å². The summed E-state index contributed by atoms with van der Waals surface area (Å²) < 4.78 is 12.8. The van der Waals surface area contributed by atoms with Gasteiger partial charge in [0.1, 0.15) is 10.6 Å². The fraction of sp³-hybridized carbons (Fsp3) is 0. The molecular weight excluding hydrogens is 259 g/mol.